The Labute approximate surface area is 106 Å². The summed E-state index contributed by atoms with van der Waals surface area (Å²) in [4.78, 5) is 11.6. The molecule has 18 heavy (non-hydrogen) atoms. The molecule has 0 radical (unpaired) electrons. The largest absolute Gasteiger partial charge is 0.294 e. The fourth-order valence-electron chi connectivity index (χ4n) is 2.19. The normalized spacial score (nSPS) is 10.4. The first kappa shape index (κ1) is 12.5. The summed E-state index contributed by atoms with van der Waals surface area (Å²) in [7, 11) is 0. The lowest BCUT2D eigenvalue weighted by Crippen LogP contribution is -1.97. The number of benzene rings is 2. The molecule has 0 aromatic heterocycles. The van der Waals surface area contributed by atoms with Crippen LogP contribution in [-0.2, 0) is 0 Å². The van der Waals surface area contributed by atoms with Gasteiger partial charge in [0.05, 0.1) is 0 Å². The Balaban J connectivity index is 2.68. The summed E-state index contributed by atoms with van der Waals surface area (Å²) < 4.78 is 13.4. The molecule has 0 aliphatic heterocycles. The third-order valence-corrected chi connectivity index (χ3v) is 2.89. The van der Waals surface area contributed by atoms with Crippen LogP contribution in [0.5, 0.6) is 0 Å². The molecule has 0 spiro atoms. The van der Waals surface area contributed by atoms with Gasteiger partial charge in [0.15, 0.2) is 5.78 Å². The van der Waals surface area contributed by atoms with Crippen LogP contribution in [0, 0.1) is 19.7 Å². The van der Waals surface area contributed by atoms with E-state index >= 15 is 0 Å². The molecule has 2 aromatic carbocycles. The molecule has 1 nitrogen and oxygen atoms in total. The standard InChI is InChI=1S/C16H15FO/c1-10-6-11(2)8-13(7-10)16-9-14(17)4-5-15(16)12(3)18/h4-9H,1-3H3. The van der Waals surface area contributed by atoms with Crippen LogP contribution in [0.4, 0.5) is 4.39 Å². The van der Waals surface area contributed by atoms with Crippen LogP contribution >= 0.6 is 0 Å². The van der Waals surface area contributed by atoms with Crippen LogP contribution in [0.1, 0.15) is 28.4 Å². The van der Waals surface area contributed by atoms with E-state index in [-0.39, 0.29) is 11.6 Å². The van der Waals surface area contributed by atoms with Gasteiger partial charge in [-0.1, -0.05) is 29.3 Å². The van der Waals surface area contributed by atoms with Crippen molar-refractivity contribution in [2.45, 2.75) is 20.8 Å². The predicted molar refractivity (Wildman–Crippen MR) is 71.3 cm³/mol. The number of rotatable bonds is 2. The zero-order valence-electron chi connectivity index (χ0n) is 10.8. The summed E-state index contributed by atoms with van der Waals surface area (Å²) in [6.07, 6.45) is 0. The van der Waals surface area contributed by atoms with Gasteiger partial charge in [0.1, 0.15) is 5.82 Å². The number of ketones is 1. The molecule has 0 saturated carbocycles. The molecule has 2 aromatic rings. The minimum Gasteiger partial charge on any atom is -0.294 e. The molecule has 2 heteroatoms. The molecule has 0 heterocycles. The fraction of sp³-hybridized carbons (Fsp3) is 0.188. The Kier molecular flexibility index (Phi) is 3.28. The van der Waals surface area contributed by atoms with E-state index in [1.54, 1.807) is 6.07 Å². The van der Waals surface area contributed by atoms with Crippen molar-refractivity contribution < 1.29 is 9.18 Å². The molecule has 0 atom stereocenters. The Morgan fingerprint density at radius 3 is 2.17 bits per heavy atom. The Hall–Kier alpha value is -1.96. The lowest BCUT2D eigenvalue weighted by molar-refractivity contribution is 0.101. The molecule has 0 aliphatic rings. The van der Waals surface area contributed by atoms with Crippen molar-refractivity contribution in [3.63, 3.8) is 0 Å². The minimum absolute atomic E-state index is 0.0517. The summed E-state index contributed by atoms with van der Waals surface area (Å²) in [5, 5.41) is 0. The van der Waals surface area contributed by atoms with Gasteiger partial charge in [-0.25, -0.2) is 4.39 Å². The summed E-state index contributed by atoms with van der Waals surface area (Å²) in [5.74, 6) is -0.377. The Morgan fingerprint density at radius 1 is 1.00 bits per heavy atom. The van der Waals surface area contributed by atoms with Crippen molar-refractivity contribution in [1.82, 2.24) is 0 Å². The van der Waals surface area contributed by atoms with Gasteiger partial charge >= 0.3 is 0 Å². The van der Waals surface area contributed by atoms with E-state index in [1.807, 2.05) is 26.0 Å². The molecule has 0 N–H and O–H groups in total. The van der Waals surface area contributed by atoms with Crippen molar-refractivity contribution in [3.05, 3.63) is 58.9 Å². The summed E-state index contributed by atoms with van der Waals surface area (Å²) in [6, 6.07) is 10.3. The van der Waals surface area contributed by atoms with Gasteiger partial charge < -0.3 is 0 Å². The van der Waals surface area contributed by atoms with Crippen LogP contribution in [-0.4, -0.2) is 5.78 Å². The molecule has 0 aliphatic carbocycles. The van der Waals surface area contributed by atoms with Gasteiger partial charge in [-0.15, -0.1) is 0 Å². The van der Waals surface area contributed by atoms with Gasteiger partial charge in [-0.3, -0.25) is 4.79 Å². The van der Waals surface area contributed by atoms with E-state index in [2.05, 4.69) is 6.07 Å². The molecule has 2 rings (SSSR count). The van der Waals surface area contributed by atoms with E-state index in [9.17, 15) is 9.18 Å². The SMILES string of the molecule is CC(=O)c1ccc(F)cc1-c1cc(C)cc(C)c1. The molecule has 0 saturated heterocycles. The zero-order valence-corrected chi connectivity index (χ0v) is 10.8. The molecule has 0 fully saturated rings. The van der Waals surface area contributed by atoms with Gasteiger partial charge in [0, 0.05) is 5.56 Å². The maximum Gasteiger partial charge on any atom is 0.160 e. The highest BCUT2D eigenvalue weighted by Crippen LogP contribution is 2.27. The molecule has 0 unspecified atom stereocenters. The quantitative estimate of drug-likeness (QED) is 0.717. The van der Waals surface area contributed by atoms with Gasteiger partial charge in [-0.2, -0.15) is 0 Å². The van der Waals surface area contributed by atoms with Crippen LogP contribution in [0.2, 0.25) is 0 Å². The van der Waals surface area contributed by atoms with Crippen molar-refractivity contribution in [1.29, 1.82) is 0 Å². The minimum atomic E-state index is -0.325. The Bertz CT molecular complexity index is 594. The second-order valence-corrected chi connectivity index (χ2v) is 4.62. The monoisotopic (exact) mass is 242 g/mol. The third kappa shape index (κ3) is 2.48. The first-order chi connectivity index (χ1) is 8.47. The van der Waals surface area contributed by atoms with E-state index in [0.717, 1.165) is 16.7 Å². The maximum atomic E-state index is 13.4. The summed E-state index contributed by atoms with van der Waals surface area (Å²) >= 11 is 0. The molecular formula is C16H15FO. The number of halogens is 1. The van der Waals surface area contributed by atoms with Crippen molar-refractivity contribution >= 4 is 5.78 Å². The second-order valence-electron chi connectivity index (χ2n) is 4.62. The highest BCUT2D eigenvalue weighted by Gasteiger charge is 2.11. The van der Waals surface area contributed by atoms with E-state index in [1.165, 1.54) is 19.1 Å². The average molecular weight is 242 g/mol. The highest BCUT2D eigenvalue weighted by atomic mass is 19.1. The molecule has 0 bridgehead atoms. The summed E-state index contributed by atoms with van der Waals surface area (Å²) in [6.45, 7) is 5.48. The van der Waals surface area contributed by atoms with Gasteiger partial charge in [-0.05, 0) is 50.1 Å². The van der Waals surface area contributed by atoms with E-state index < -0.39 is 0 Å². The highest BCUT2D eigenvalue weighted by molar-refractivity contribution is 6.00. The number of Topliss-reactive ketones (excluding diaryl/α,β-unsaturated/α-hetero) is 1. The number of carbonyl (C=O) groups excluding carboxylic acids is 1. The fourth-order valence-corrected chi connectivity index (χ4v) is 2.19. The third-order valence-electron chi connectivity index (χ3n) is 2.89. The first-order valence-electron chi connectivity index (χ1n) is 5.86. The first-order valence-corrected chi connectivity index (χ1v) is 5.86. The van der Waals surface area contributed by atoms with E-state index in [4.69, 9.17) is 0 Å². The predicted octanol–water partition coefficient (Wildman–Crippen LogP) is 4.31. The van der Waals surface area contributed by atoms with Crippen LogP contribution in [0.25, 0.3) is 11.1 Å². The molecular weight excluding hydrogens is 227 g/mol. The van der Waals surface area contributed by atoms with Crippen LogP contribution < -0.4 is 0 Å². The molecule has 92 valence electrons. The van der Waals surface area contributed by atoms with Crippen molar-refractivity contribution in [3.8, 4) is 11.1 Å². The average Bonchev–Trinajstić information content (AvgIpc) is 2.27. The van der Waals surface area contributed by atoms with Crippen LogP contribution in [0.15, 0.2) is 36.4 Å². The van der Waals surface area contributed by atoms with Crippen LogP contribution in [0.3, 0.4) is 0 Å². The summed E-state index contributed by atoms with van der Waals surface area (Å²) in [5.41, 5.74) is 4.31. The lowest BCUT2D eigenvalue weighted by Gasteiger charge is -2.09. The maximum absolute atomic E-state index is 13.4. The number of hydrogen-bond acceptors (Lipinski definition) is 1. The number of carbonyl (C=O) groups is 1. The number of aryl methyl sites for hydroxylation is 2. The van der Waals surface area contributed by atoms with Gasteiger partial charge in [0.25, 0.3) is 0 Å². The molecule has 0 amide bonds. The second kappa shape index (κ2) is 4.73. The van der Waals surface area contributed by atoms with Gasteiger partial charge in [0.2, 0.25) is 0 Å². The zero-order chi connectivity index (χ0) is 13.3. The number of hydrogen-bond donors (Lipinski definition) is 0. The lowest BCUT2D eigenvalue weighted by atomic mass is 9.95. The van der Waals surface area contributed by atoms with Crippen molar-refractivity contribution in [2.75, 3.05) is 0 Å². The topological polar surface area (TPSA) is 17.1 Å². The Morgan fingerprint density at radius 2 is 1.61 bits per heavy atom. The van der Waals surface area contributed by atoms with E-state index in [0.29, 0.717) is 11.1 Å². The van der Waals surface area contributed by atoms with Crippen molar-refractivity contribution in [2.24, 2.45) is 0 Å². The smallest absolute Gasteiger partial charge is 0.160 e.